The van der Waals surface area contributed by atoms with Gasteiger partial charge in [0.25, 0.3) is 0 Å². The normalized spacial score (nSPS) is 13.5. The van der Waals surface area contributed by atoms with Crippen molar-refractivity contribution in [2.75, 3.05) is 0 Å². The summed E-state index contributed by atoms with van der Waals surface area (Å²) in [5.74, 6) is 0. The first-order valence-electron chi connectivity index (χ1n) is 5.06. The van der Waals surface area contributed by atoms with Crippen LogP contribution >= 0.6 is 0 Å². The number of nitrogens with two attached hydrogens (primary N) is 1. The highest BCUT2D eigenvalue weighted by Crippen LogP contribution is 2.31. The minimum absolute atomic E-state index is 0.0166. The van der Waals surface area contributed by atoms with Crippen molar-refractivity contribution in [3.05, 3.63) is 0 Å². The van der Waals surface area contributed by atoms with E-state index < -0.39 is 0 Å². The predicted molar refractivity (Wildman–Crippen MR) is 56.2 cm³/mol. The van der Waals surface area contributed by atoms with Gasteiger partial charge < -0.3 is 5.73 Å². The highest BCUT2D eigenvalue weighted by Gasteiger charge is 2.24. The average Bonchev–Trinajstić information content (AvgIpc) is 1.78. The minimum atomic E-state index is -0.0166. The summed E-state index contributed by atoms with van der Waals surface area (Å²) in [6.07, 6.45) is 5.02. The molecule has 74 valence electrons. The van der Waals surface area contributed by atoms with Crippen LogP contribution in [0.2, 0.25) is 0 Å². The van der Waals surface area contributed by atoms with Gasteiger partial charge in [0.1, 0.15) is 0 Å². The Bertz CT molecular complexity index is 119. The molecule has 0 saturated heterocycles. The van der Waals surface area contributed by atoms with E-state index in [2.05, 4.69) is 34.6 Å². The van der Waals surface area contributed by atoms with Gasteiger partial charge in [0.2, 0.25) is 0 Å². The zero-order valence-corrected chi connectivity index (χ0v) is 9.41. The van der Waals surface area contributed by atoms with Gasteiger partial charge in [-0.15, -0.1) is 0 Å². The first-order chi connectivity index (χ1) is 5.27. The van der Waals surface area contributed by atoms with E-state index in [1.807, 2.05) is 0 Å². The highest BCUT2D eigenvalue weighted by atomic mass is 14.7. The SMILES string of the molecule is CCCCC(C)(C)CC(C)(C)N. The molecule has 0 unspecified atom stereocenters. The highest BCUT2D eigenvalue weighted by molar-refractivity contribution is 4.81. The Balaban J connectivity index is 3.86. The second-order valence-electron chi connectivity index (χ2n) is 5.43. The molecular formula is C11H25N. The molecule has 0 aromatic rings. The van der Waals surface area contributed by atoms with E-state index in [1.165, 1.54) is 19.3 Å². The number of hydrogen-bond acceptors (Lipinski definition) is 1. The van der Waals surface area contributed by atoms with Gasteiger partial charge in [-0.25, -0.2) is 0 Å². The molecule has 12 heavy (non-hydrogen) atoms. The van der Waals surface area contributed by atoms with E-state index in [9.17, 15) is 0 Å². The van der Waals surface area contributed by atoms with Crippen molar-refractivity contribution < 1.29 is 0 Å². The van der Waals surface area contributed by atoms with Gasteiger partial charge in [0, 0.05) is 5.54 Å². The number of rotatable bonds is 5. The molecule has 0 aromatic heterocycles. The van der Waals surface area contributed by atoms with Crippen molar-refractivity contribution in [2.24, 2.45) is 11.1 Å². The van der Waals surface area contributed by atoms with Crippen LogP contribution < -0.4 is 5.73 Å². The quantitative estimate of drug-likeness (QED) is 0.674. The Morgan fingerprint density at radius 1 is 1.08 bits per heavy atom. The maximum absolute atomic E-state index is 5.99. The van der Waals surface area contributed by atoms with E-state index in [-0.39, 0.29) is 5.54 Å². The van der Waals surface area contributed by atoms with Gasteiger partial charge in [-0.3, -0.25) is 0 Å². The van der Waals surface area contributed by atoms with E-state index >= 15 is 0 Å². The third-order valence-corrected chi connectivity index (χ3v) is 2.14. The van der Waals surface area contributed by atoms with Crippen LogP contribution in [0.15, 0.2) is 0 Å². The van der Waals surface area contributed by atoms with Crippen LogP contribution in [0.4, 0.5) is 0 Å². The lowest BCUT2D eigenvalue weighted by atomic mass is 9.77. The van der Waals surface area contributed by atoms with Crippen LogP contribution in [0.3, 0.4) is 0 Å². The molecule has 0 heterocycles. The topological polar surface area (TPSA) is 26.0 Å². The third-order valence-electron chi connectivity index (χ3n) is 2.14. The minimum Gasteiger partial charge on any atom is -0.326 e. The van der Waals surface area contributed by atoms with Gasteiger partial charge in [-0.1, -0.05) is 33.6 Å². The van der Waals surface area contributed by atoms with Crippen LogP contribution in [0.1, 0.15) is 60.3 Å². The fraction of sp³-hybridized carbons (Fsp3) is 1.00. The van der Waals surface area contributed by atoms with Crippen molar-refractivity contribution in [3.8, 4) is 0 Å². The third kappa shape index (κ3) is 6.66. The van der Waals surface area contributed by atoms with Crippen molar-refractivity contribution in [3.63, 3.8) is 0 Å². The molecule has 1 nitrogen and oxygen atoms in total. The molecule has 0 atom stereocenters. The standard InChI is InChI=1S/C11H25N/c1-6-7-8-10(2,3)9-11(4,5)12/h6-9,12H2,1-5H3. The molecule has 0 bridgehead atoms. The molecule has 0 aliphatic carbocycles. The van der Waals surface area contributed by atoms with Crippen molar-refractivity contribution in [1.82, 2.24) is 0 Å². The largest absolute Gasteiger partial charge is 0.326 e. The van der Waals surface area contributed by atoms with Crippen molar-refractivity contribution in [1.29, 1.82) is 0 Å². The first-order valence-corrected chi connectivity index (χ1v) is 5.06. The second-order valence-corrected chi connectivity index (χ2v) is 5.43. The van der Waals surface area contributed by atoms with Gasteiger partial charge in [-0.2, -0.15) is 0 Å². The first kappa shape index (κ1) is 12.0. The molecule has 0 aliphatic rings. The Morgan fingerprint density at radius 3 is 1.92 bits per heavy atom. The van der Waals surface area contributed by atoms with Crippen LogP contribution in [0.5, 0.6) is 0 Å². The van der Waals surface area contributed by atoms with Crippen LogP contribution in [-0.4, -0.2) is 5.54 Å². The molecular weight excluding hydrogens is 146 g/mol. The molecule has 1 heteroatoms. The maximum atomic E-state index is 5.99. The average molecular weight is 171 g/mol. The van der Waals surface area contributed by atoms with E-state index in [1.54, 1.807) is 0 Å². The smallest absolute Gasteiger partial charge is 0.0102 e. The molecule has 0 aliphatic heterocycles. The lowest BCUT2D eigenvalue weighted by Crippen LogP contribution is -2.37. The summed E-state index contributed by atoms with van der Waals surface area (Å²) in [4.78, 5) is 0. The van der Waals surface area contributed by atoms with E-state index in [0.717, 1.165) is 6.42 Å². The Morgan fingerprint density at radius 2 is 1.58 bits per heavy atom. The van der Waals surface area contributed by atoms with Gasteiger partial charge >= 0.3 is 0 Å². The molecule has 0 saturated carbocycles. The Hall–Kier alpha value is -0.0400. The van der Waals surface area contributed by atoms with E-state index in [4.69, 9.17) is 5.73 Å². The summed E-state index contributed by atoms with van der Waals surface area (Å²) >= 11 is 0. The fourth-order valence-electron chi connectivity index (χ4n) is 1.98. The van der Waals surface area contributed by atoms with Gasteiger partial charge in [-0.05, 0) is 32.1 Å². The molecule has 0 spiro atoms. The lowest BCUT2D eigenvalue weighted by Gasteiger charge is -2.32. The number of hydrogen-bond donors (Lipinski definition) is 1. The summed E-state index contributed by atoms with van der Waals surface area (Å²) in [5.41, 5.74) is 6.39. The number of unbranched alkanes of at least 4 members (excludes halogenated alkanes) is 1. The molecule has 0 fully saturated rings. The van der Waals surface area contributed by atoms with Crippen molar-refractivity contribution in [2.45, 2.75) is 65.8 Å². The summed E-state index contributed by atoms with van der Waals surface area (Å²) in [6, 6.07) is 0. The molecule has 2 N–H and O–H groups in total. The maximum Gasteiger partial charge on any atom is 0.0102 e. The fourth-order valence-corrected chi connectivity index (χ4v) is 1.98. The van der Waals surface area contributed by atoms with E-state index in [0.29, 0.717) is 5.41 Å². The Kier molecular flexibility index (Phi) is 4.25. The summed E-state index contributed by atoms with van der Waals surface area (Å²) in [7, 11) is 0. The monoisotopic (exact) mass is 171 g/mol. The summed E-state index contributed by atoms with van der Waals surface area (Å²) in [5, 5.41) is 0. The summed E-state index contributed by atoms with van der Waals surface area (Å²) < 4.78 is 0. The lowest BCUT2D eigenvalue weighted by molar-refractivity contribution is 0.236. The molecule has 0 rings (SSSR count). The van der Waals surface area contributed by atoms with Gasteiger partial charge in [0.05, 0.1) is 0 Å². The Labute approximate surface area is 77.7 Å². The van der Waals surface area contributed by atoms with Crippen LogP contribution in [0, 0.1) is 5.41 Å². The second kappa shape index (κ2) is 4.27. The predicted octanol–water partition coefficient (Wildman–Crippen LogP) is 3.33. The summed E-state index contributed by atoms with van der Waals surface area (Å²) in [6.45, 7) is 11.1. The molecule has 0 amide bonds. The van der Waals surface area contributed by atoms with Crippen LogP contribution in [-0.2, 0) is 0 Å². The van der Waals surface area contributed by atoms with Crippen LogP contribution in [0.25, 0.3) is 0 Å². The van der Waals surface area contributed by atoms with Crippen molar-refractivity contribution >= 4 is 0 Å². The zero-order chi connectivity index (χ0) is 9.83. The zero-order valence-electron chi connectivity index (χ0n) is 9.41. The molecule has 0 aromatic carbocycles. The molecule has 0 radical (unpaired) electrons. The van der Waals surface area contributed by atoms with Gasteiger partial charge in [0.15, 0.2) is 0 Å².